The molecule has 1 saturated heterocycles. The van der Waals surface area contributed by atoms with E-state index >= 15 is 0 Å². The molecule has 0 aromatic carbocycles. The molecule has 1 heterocycles. The maximum absolute atomic E-state index is 12.4. The van der Waals surface area contributed by atoms with E-state index in [4.69, 9.17) is 9.16 Å². The number of ketones is 1. The number of hydrogen-bond donors (Lipinski definition) is 0. The Morgan fingerprint density at radius 3 is 2.36 bits per heavy atom. The standard InChI is InChI=1S/C19H33NO4Si/c1-9-10-23-18(22)20-13-17(24-25(7,8)19(4,5)6)12-16(20)11-14(2)15(3)21/h9,11,16-17H,1,10,12-13H2,2-8H3/t16-,17+/m1/s1. The number of allylic oxidation sites excluding steroid dienone is 1. The van der Waals surface area contributed by atoms with Crippen LogP contribution in [0.4, 0.5) is 4.79 Å². The second-order valence-corrected chi connectivity index (χ2v) is 13.0. The molecular formula is C19H33NO4Si. The van der Waals surface area contributed by atoms with Gasteiger partial charge >= 0.3 is 6.09 Å². The van der Waals surface area contributed by atoms with Gasteiger partial charge in [-0.25, -0.2) is 4.79 Å². The molecule has 0 spiro atoms. The Hall–Kier alpha value is -1.40. The highest BCUT2D eigenvalue weighted by molar-refractivity contribution is 6.74. The Kier molecular flexibility index (Phi) is 7.20. The van der Waals surface area contributed by atoms with Crippen molar-refractivity contribution >= 4 is 20.2 Å². The summed E-state index contributed by atoms with van der Waals surface area (Å²) in [6, 6.07) is -0.184. The van der Waals surface area contributed by atoms with Crippen LogP contribution in [0.3, 0.4) is 0 Å². The van der Waals surface area contributed by atoms with Crippen LogP contribution in [0, 0.1) is 0 Å². The van der Waals surface area contributed by atoms with Crippen LogP contribution in [0.15, 0.2) is 24.3 Å². The molecule has 2 atom stereocenters. The van der Waals surface area contributed by atoms with Gasteiger partial charge in [0.1, 0.15) is 6.61 Å². The number of amides is 1. The molecule has 0 radical (unpaired) electrons. The van der Waals surface area contributed by atoms with Crippen LogP contribution in [0.2, 0.25) is 18.1 Å². The third-order valence-corrected chi connectivity index (χ3v) is 9.66. The average molecular weight is 368 g/mol. The Balaban J connectivity index is 2.97. The number of carbonyl (C=O) groups is 2. The lowest BCUT2D eigenvalue weighted by Gasteiger charge is -2.38. The van der Waals surface area contributed by atoms with Crippen molar-refractivity contribution in [1.29, 1.82) is 0 Å². The summed E-state index contributed by atoms with van der Waals surface area (Å²) in [6.07, 6.45) is 3.65. The molecule has 0 aromatic heterocycles. The third kappa shape index (κ3) is 5.82. The summed E-state index contributed by atoms with van der Waals surface area (Å²) in [7, 11) is -1.93. The number of rotatable bonds is 6. The molecule has 6 heteroatoms. The van der Waals surface area contributed by atoms with Gasteiger partial charge in [-0.1, -0.05) is 39.5 Å². The van der Waals surface area contributed by atoms with Crippen molar-refractivity contribution < 1.29 is 18.8 Å². The normalized spacial score (nSPS) is 22.0. The van der Waals surface area contributed by atoms with Gasteiger partial charge in [-0.15, -0.1) is 0 Å². The molecule has 0 N–H and O–H groups in total. The van der Waals surface area contributed by atoms with Crippen molar-refractivity contribution in [2.75, 3.05) is 13.2 Å². The molecule has 5 nitrogen and oxygen atoms in total. The van der Waals surface area contributed by atoms with Gasteiger partial charge in [-0.3, -0.25) is 9.69 Å². The molecule has 0 bridgehead atoms. The summed E-state index contributed by atoms with van der Waals surface area (Å²) < 4.78 is 11.7. The van der Waals surface area contributed by atoms with E-state index in [0.717, 1.165) is 0 Å². The molecule has 1 amide bonds. The highest BCUT2D eigenvalue weighted by atomic mass is 28.4. The lowest BCUT2D eigenvalue weighted by molar-refractivity contribution is -0.113. The first-order chi connectivity index (χ1) is 11.4. The van der Waals surface area contributed by atoms with Gasteiger partial charge < -0.3 is 9.16 Å². The van der Waals surface area contributed by atoms with Gasteiger partial charge in [0.2, 0.25) is 0 Å². The first-order valence-electron chi connectivity index (χ1n) is 8.80. The van der Waals surface area contributed by atoms with Crippen molar-refractivity contribution in [3.05, 3.63) is 24.3 Å². The summed E-state index contributed by atoms with van der Waals surface area (Å²) >= 11 is 0. The molecule has 25 heavy (non-hydrogen) atoms. The Morgan fingerprint density at radius 2 is 1.88 bits per heavy atom. The second-order valence-electron chi connectivity index (χ2n) is 8.23. The predicted octanol–water partition coefficient (Wildman–Crippen LogP) is 4.31. The molecule has 1 fully saturated rings. The summed E-state index contributed by atoms with van der Waals surface area (Å²) in [5, 5.41) is 0.102. The number of likely N-dealkylation sites (tertiary alicyclic amines) is 1. The SMILES string of the molecule is C=CCOC(=O)N1C[C@@H](O[Si](C)(C)C(C)(C)C)C[C@H]1C=C(C)C(C)=O. The Morgan fingerprint density at radius 1 is 1.28 bits per heavy atom. The number of Topliss-reactive ketones (excluding diaryl/α,β-unsaturated/α-hetero) is 1. The number of ether oxygens (including phenoxy) is 1. The fourth-order valence-corrected chi connectivity index (χ4v) is 3.85. The molecule has 0 saturated carbocycles. The van der Waals surface area contributed by atoms with Crippen molar-refractivity contribution in [1.82, 2.24) is 4.90 Å². The van der Waals surface area contributed by atoms with Gasteiger partial charge in [0, 0.05) is 6.54 Å². The molecule has 0 aromatic rings. The van der Waals surface area contributed by atoms with Crippen LogP contribution >= 0.6 is 0 Å². The fraction of sp³-hybridized carbons (Fsp3) is 0.684. The van der Waals surface area contributed by atoms with E-state index < -0.39 is 8.32 Å². The van der Waals surface area contributed by atoms with Crippen molar-refractivity contribution in [3.8, 4) is 0 Å². The molecule has 1 rings (SSSR count). The van der Waals surface area contributed by atoms with E-state index in [2.05, 4.69) is 40.4 Å². The summed E-state index contributed by atoms with van der Waals surface area (Å²) in [5.74, 6) is 0.00757. The molecule has 1 aliphatic heterocycles. The van der Waals surface area contributed by atoms with E-state index in [1.54, 1.807) is 17.9 Å². The number of nitrogens with zero attached hydrogens (tertiary/aromatic N) is 1. The maximum atomic E-state index is 12.4. The summed E-state index contributed by atoms with van der Waals surface area (Å²) in [5.41, 5.74) is 0.652. The van der Waals surface area contributed by atoms with Crippen LogP contribution in [0.1, 0.15) is 41.0 Å². The summed E-state index contributed by atoms with van der Waals surface area (Å²) in [4.78, 5) is 25.6. The van der Waals surface area contributed by atoms with Gasteiger partial charge in [-0.2, -0.15) is 0 Å². The molecule has 0 aliphatic carbocycles. The minimum atomic E-state index is -1.93. The zero-order chi connectivity index (χ0) is 19.4. The van der Waals surface area contributed by atoms with Crippen molar-refractivity contribution in [2.24, 2.45) is 0 Å². The Bertz CT molecular complexity index is 548. The highest BCUT2D eigenvalue weighted by Gasteiger charge is 2.43. The molecule has 0 unspecified atom stereocenters. The van der Waals surface area contributed by atoms with Gasteiger partial charge in [0.25, 0.3) is 0 Å². The zero-order valence-corrected chi connectivity index (χ0v) is 17.7. The number of carbonyl (C=O) groups excluding carboxylic acids is 2. The van der Waals surface area contributed by atoms with Crippen LogP contribution in [-0.2, 0) is 14.0 Å². The zero-order valence-electron chi connectivity index (χ0n) is 16.7. The van der Waals surface area contributed by atoms with E-state index in [1.807, 2.05) is 6.08 Å². The topological polar surface area (TPSA) is 55.8 Å². The molecule has 1 aliphatic rings. The number of hydrogen-bond acceptors (Lipinski definition) is 4. The van der Waals surface area contributed by atoms with Crippen LogP contribution in [0.25, 0.3) is 0 Å². The highest BCUT2D eigenvalue weighted by Crippen LogP contribution is 2.39. The summed E-state index contributed by atoms with van der Waals surface area (Å²) in [6.45, 7) is 18.5. The van der Waals surface area contributed by atoms with Gasteiger partial charge in [0.05, 0.1) is 12.1 Å². The van der Waals surface area contributed by atoms with Gasteiger partial charge in [-0.05, 0) is 44.0 Å². The van der Waals surface area contributed by atoms with E-state index in [1.165, 1.54) is 6.92 Å². The third-order valence-electron chi connectivity index (χ3n) is 5.13. The molecular weight excluding hydrogens is 334 g/mol. The lowest BCUT2D eigenvalue weighted by Crippen LogP contribution is -2.44. The van der Waals surface area contributed by atoms with Gasteiger partial charge in [0.15, 0.2) is 14.1 Å². The van der Waals surface area contributed by atoms with E-state index in [-0.39, 0.29) is 35.7 Å². The lowest BCUT2D eigenvalue weighted by atomic mass is 10.1. The van der Waals surface area contributed by atoms with E-state index in [0.29, 0.717) is 18.5 Å². The maximum Gasteiger partial charge on any atom is 0.410 e. The van der Waals surface area contributed by atoms with Crippen LogP contribution < -0.4 is 0 Å². The fourth-order valence-electron chi connectivity index (χ4n) is 2.49. The quantitative estimate of drug-likeness (QED) is 0.399. The van der Waals surface area contributed by atoms with E-state index in [9.17, 15) is 9.59 Å². The largest absolute Gasteiger partial charge is 0.445 e. The minimum absolute atomic E-state index is 0.00757. The minimum Gasteiger partial charge on any atom is -0.445 e. The first kappa shape index (κ1) is 21.6. The molecule has 142 valence electrons. The van der Waals surface area contributed by atoms with Crippen LogP contribution in [0.5, 0.6) is 0 Å². The predicted molar refractivity (Wildman–Crippen MR) is 103 cm³/mol. The average Bonchev–Trinajstić information content (AvgIpc) is 2.85. The Labute approximate surface area is 153 Å². The monoisotopic (exact) mass is 367 g/mol. The second kappa shape index (κ2) is 8.32. The first-order valence-corrected chi connectivity index (χ1v) is 11.7. The smallest absolute Gasteiger partial charge is 0.410 e. The van der Waals surface area contributed by atoms with Crippen molar-refractivity contribution in [2.45, 2.75) is 71.3 Å². The van der Waals surface area contributed by atoms with Crippen molar-refractivity contribution in [3.63, 3.8) is 0 Å². The van der Waals surface area contributed by atoms with Crippen LogP contribution in [-0.4, -0.2) is 50.4 Å².